The van der Waals surface area contributed by atoms with Crippen LogP contribution in [0.25, 0.3) is 0 Å². The molecule has 70 valence electrons. The summed E-state index contributed by atoms with van der Waals surface area (Å²) in [5, 5.41) is 3.35. The first kappa shape index (κ1) is 9.99. The van der Waals surface area contributed by atoms with Gasteiger partial charge in [-0.2, -0.15) is 0 Å². The number of amides is 1. The van der Waals surface area contributed by atoms with Gasteiger partial charge in [0.15, 0.2) is 0 Å². The molecule has 0 saturated heterocycles. The van der Waals surface area contributed by atoms with Crippen molar-refractivity contribution in [2.45, 2.75) is 19.9 Å². The molecule has 0 aliphatic carbocycles. The second-order valence-electron chi connectivity index (χ2n) is 2.82. The fraction of sp³-hybridized carbons (Fsp3) is 0.333. The Morgan fingerprint density at radius 2 is 2.38 bits per heavy atom. The van der Waals surface area contributed by atoms with E-state index in [9.17, 15) is 4.79 Å². The monoisotopic (exact) mass is 198 g/mol. The zero-order valence-electron chi connectivity index (χ0n) is 7.54. The topological polar surface area (TPSA) is 42.0 Å². The minimum atomic E-state index is -0.101. The highest BCUT2D eigenvalue weighted by Crippen LogP contribution is 2.14. The lowest BCUT2D eigenvalue weighted by Gasteiger charge is -2.11. The fourth-order valence-electron chi connectivity index (χ4n) is 1.04. The average molecular weight is 199 g/mol. The minimum Gasteiger partial charge on any atom is -0.348 e. The number of pyridine rings is 1. The molecule has 1 N–H and O–H groups in total. The molecule has 0 bridgehead atoms. The summed E-state index contributed by atoms with van der Waals surface area (Å²) in [7, 11) is 0. The standard InChI is InChI=1S/C9H11ClN2O/c1-6(12-7(2)13)9-5-8(10)3-4-11-9/h3-6H,1-2H3,(H,12,13)/t6-/m1/s1. The average Bonchev–Trinajstić information content (AvgIpc) is 2.03. The third kappa shape index (κ3) is 3.03. The predicted molar refractivity (Wildman–Crippen MR) is 51.5 cm³/mol. The number of hydrogen-bond acceptors (Lipinski definition) is 2. The molecule has 4 heteroatoms. The number of nitrogens with zero attached hydrogens (tertiary/aromatic N) is 1. The van der Waals surface area contributed by atoms with Gasteiger partial charge in [-0.3, -0.25) is 9.78 Å². The summed E-state index contributed by atoms with van der Waals surface area (Å²) < 4.78 is 0. The Bertz CT molecular complexity index is 314. The van der Waals surface area contributed by atoms with Crippen LogP contribution in [0.15, 0.2) is 18.3 Å². The summed E-state index contributed by atoms with van der Waals surface area (Å²) in [5.41, 5.74) is 0.766. The molecule has 3 nitrogen and oxygen atoms in total. The molecule has 0 saturated carbocycles. The minimum absolute atomic E-state index is 0.0747. The number of nitrogens with one attached hydrogen (secondary N) is 1. The number of aromatic nitrogens is 1. The van der Waals surface area contributed by atoms with Crippen molar-refractivity contribution in [2.24, 2.45) is 0 Å². The second-order valence-corrected chi connectivity index (χ2v) is 3.26. The van der Waals surface area contributed by atoms with Crippen LogP contribution in [0.4, 0.5) is 0 Å². The van der Waals surface area contributed by atoms with Gasteiger partial charge in [0, 0.05) is 18.1 Å². The van der Waals surface area contributed by atoms with Crippen molar-refractivity contribution in [1.29, 1.82) is 0 Å². The highest BCUT2D eigenvalue weighted by molar-refractivity contribution is 6.30. The molecule has 1 aromatic heterocycles. The first-order valence-corrected chi connectivity index (χ1v) is 4.36. The van der Waals surface area contributed by atoms with Gasteiger partial charge in [0.2, 0.25) is 5.91 Å². The zero-order valence-corrected chi connectivity index (χ0v) is 8.30. The van der Waals surface area contributed by atoms with E-state index in [4.69, 9.17) is 11.6 Å². The normalized spacial score (nSPS) is 12.2. The van der Waals surface area contributed by atoms with Crippen molar-refractivity contribution < 1.29 is 4.79 Å². The van der Waals surface area contributed by atoms with Gasteiger partial charge in [-0.15, -0.1) is 0 Å². The number of rotatable bonds is 2. The van der Waals surface area contributed by atoms with Gasteiger partial charge in [0.25, 0.3) is 0 Å². The molecule has 0 unspecified atom stereocenters. The van der Waals surface area contributed by atoms with Gasteiger partial charge in [-0.1, -0.05) is 11.6 Å². The zero-order chi connectivity index (χ0) is 9.84. The Balaban J connectivity index is 2.76. The van der Waals surface area contributed by atoms with Gasteiger partial charge < -0.3 is 5.32 Å². The summed E-state index contributed by atoms with van der Waals surface area (Å²) >= 11 is 5.77. The molecule has 1 amide bonds. The van der Waals surface area contributed by atoms with E-state index in [1.807, 2.05) is 6.92 Å². The maximum absolute atomic E-state index is 10.7. The summed E-state index contributed by atoms with van der Waals surface area (Å²) in [5.74, 6) is -0.0747. The third-order valence-corrected chi connectivity index (χ3v) is 1.84. The quantitative estimate of drug-likeness (QED) is 0.789. The molecule has 1 atom stereocenters. The van der Waals surface area contributed by atoms with E-state index in [1.54, 1.807) is 18.3 Å². The summed E-state index contributed by atoms with van der Waals surface area (Å²) in [6.45, 7) is 3.33. The molecule has 0 radical (unpaired) electrons. The molecule has 0 aliphatic heterocycles. The van der Waals surface area contributed by atoms with Gasteiger partial charge in [0.05, 0.1) is 11.7 Å². The van der Waals surface area contributed by atoms with Crippen molar-refractivity contribution >= 4 is 17.5 Å². The van der Waals surface area contributed by atoms with Crippen LogP contribution in [0.5, 0.6) is 0 Å². The SMILES string of the molecule is CC(=O)N[C@H](C)c1cc(Cl)ccn1. The van der Waals surface area contributed by atoms with Gasteiger partial charge in [-0.25, -0.2) is 0 Å². The van der Waals surface area contributed by atoms with Crippen LogP contribution in [0.2, 0.25) is 5.02 Å². The lowest BCUT2D eigenvalue weighted by Crippen LogP contribution is -2.24. The van der Waals surface area contributed by atoms with Crippen molar-refractivity contribution in [1.82, 2.24) is 10.3 Å². The molecule has 1 heterocycles. The largest absolute Gasteiger partial charge is 0.348 e. The van der Waals surface area contributed by atoms with Crippen molar-refractivity contribution in [2.75, 3.05) is 0 Å². The van der Waals surface area contributed by atoms with Crippen LogP contribution in [-0.2, 0) is 4.79 Å². The van der Waals surface area contributed by atoms with E-state index in [-0.39, 0.29) is 11.9 Å². The number of hydrogen-bond donors (Lipinski definition) is 1. The van der Waals surface area contributed by atoms with E-state index >= 15 is 0 Å². The van der Waals surface area contributed by atoms with Crippen molar-refractivity contribution in [3.8, 4) is 0 Å². The van der Waals surface area contributed by atoms with Crippen LogP contribution in [0, 0.1) is 0 Å². The van der Waals surface area contributed by atoms with Gasteiger partial charge in [0.1, 0.15) is 0 Å². The molecule has 0 aromatic carbocycles. The molecule has 0 fully saturated rings. The maximum Gasteiger partial charge on any atom is 0.217 e. The van der Waals surface area contributed by atoms with E-state index in [0.717, 1.165) is 5.69 Å². The molecule has 0 aliphatic rings. The van der Waals surface area contributed by atoms with E-state index < -0.39 is 0 Å². The van der Waals surface area contributed by atoms with E-state index in [1.165, 1.54) is 6.92 Å². The molecule has 13 heavy (non-hydrogen) atoms. The van der Waals surface area contributed by atoms with E-state index in [2.05, 4.69) is 10.3 Å². The molecule has 1 aromatic rings. The number of carbonyl (C=O) groups excluding carboxylic acids is 1. The molecule has 1 rings (SSSR count). The van der Waals surface area contributed by atoms with Crippen LogP contribution >= 0.6 is 11.6 Å². The first-order valence-electron chi connectivity index (χ1n) is 3.98. The van der Waals surface area contributed by atoms with Crippen LogP contribution in [-0.4, -0.2) is 10.9 Å². The Morgan fingerprint density at radius 1 is 1.69 bits per heavy atom. The fourth-order valence-corrected chi connectivity index (χ4v) is 1.20. The third-order valence-electron chi connectivity index (χ3n) is 1.61. The highest BCUT2D eigenvalue weighted by atomic mass is 35.5. The Labute approximate surface area is 82.1 Å². The molecule has 0 spiro atoms. The Kier molecular flexibility index (Phi) is 3.25. The van der Waals surface area contributed by atoms with E-state index in [0.29, 0.717) is 5.02 Å². The number of halogens is 1. The van der Waals surface area contributed by atoms with Gasteiger partial charge >= 0.3 is 0 Å². The van der Waals surface area contributed by atoms with Gasteiger partial charge in [-0.05, 0) is 19.1 Å². The van der Waals surface area contributed by atoms with Crippen LogP contribution < -0.4 is 5.32 Å². The van der Waals surface area contributed by atoms with Crippen molar-refractivity contribution in [3.05, 3.63) is 29.0 Å². The summed E-state index contributed by atoms with van der Waals surface area (Å²) in [6.07, 6.45) is 1.62. The van der Waals surface area contributed by atoms with Crippen LogP contribution in [0.1, 0.15) is 25.6 Å². The molecular formula is C9H11ClN2O. The maximum atomic E-state index is 10.7. The lowest BCUT2D eigenvalue weighted by atomic mass is 10.2. The first-order chi connectivity index (χ1) is 6.09. The van der Waals surface area contributed by atoms with Crippen molar-refractivity contribution in [3.63, 3.8) is 0 Å². The lowest BCUT2D eigenvalue weighted by molar-refractivity contribution is -0.119. The Morgan fingerprint density at radius 3 is 2.92 bits per heavy atom. The summed E-state index contributed by atoms with van der Waals surface area (Å²) in [6, 6.07) is 3.34. The smallest absolute Gasteiger partial charge is 0.217 e. The highest BCUT2D eigenvalue weighted by Gasteiger charge is 2.07. The van der Waals surface area contributed by atoms with Crippen LogP contribution in [0.3, 0.4) is 0 Å². The second kappa shape index (κ2) is 4.23. The Hall–Kier alpha value is -1.09. The number of carbonyl (C=O) groups is 1. The molecular weight excluding hydrogens is 188 g/mol. The summed E-state index contributed by atoms with van der Waals surface area (Å²) in [4.78, 5) is 14.8. The predicted octanol–water partition coefficient (Wildman–Crippen LogP) is 1.93.